The van der Waals surface area contributed by atoms with Crippen molar-refractivity contribution in [2.75, 3.05) is 6.54 Å². The Balaban J connectivity index is 1.18. The Morgan fingerprint density at radius 1 is 1.06 bits per heavy atom. The maximum Gasteiger partial charge on any atom is 0.328 e. The van der Waals surface area contributed by atoms with Gasteiger partial charge in [-0.3, -0.25) is 9.78 Å². The summed E-state index contributed by atoms with van der Waals surface area (Å²) in [6, 6.07) is 12.8. The standard InChI is InChI=1S/C26H31N5O3/c32-24(13-7-5-11-21-15-14-19-8-4-6-12-22(19)29-21)27-17-16-23(26(33)34)31-18-28-25(30-31)20-9-2-1-3-10-20/h1-3,9-10,14-15,18,23H,4-8,11-13,16-17H2,(H,27,32)(H,33,34)/t23-/m1/s1. The van der Waals surface area contributed by atoms with Crippen molar-refractivity contribution in [2.45, 2.75) is 63.8 Å². The van der Waals surface area contributed by atoms with Gasteiger partial charge in [0.25, 0.3) is 0 Å². The molecule has 2 aromatic heterocycles. The second kappa shape index (κ2) is 11.5. The number of aromatic nitrogens is 4. The van der Waals surface area contributed by atoms with E-state index in [1.165, 1.54) is 35.1 Å². The van der Waals surface area contributed by atoms with E-state index in [-0.39, 0.29) is 18.9 Å². The van der Waals surface area contributed by atoms with E-state index in [0.717, 1.165) is 43.4 Å². The summed E-state index contributed by atoms with van der Waals surface area (Å²) in [7, 11) is 0. The van der Waals surface area contributed by atoms with Gasteiger partial charge in [-0.05, 0) is 63.0 Å². The zero-order chi connectivity index (χ0) is 23.8. The molecule has 8 heteroatoms. The molecule has 0 unspecified atom stereocenters. The normalized spacial score (nSPS) is 13.8. The Kier molecular flexibility index (Phi) is 8.01. The Bertz CT molecular complexity index is 1110. The lowest BCUT2D eigenvalue weighted by Crippen LogP contribution is -2.29. The topological polar surface area (TPSA) is 110 Å². The number of unbranched alkanes of at least 4 members (excludes halogenated alkanes) is 1. The van der Waals surface area contributed by atoms with Crippen molar-refractivity contribution in [3.63, 3.8) is 0 Å². The number of carboxylic acid groups (broad SMARTS) is 1. The van der Waals surface area contributed by atoms with Crippen molar-refractivity contribution in [1.82, 2.24) is 25.1 Å². The van der Waals surface area contributed by atoms with Crippen LogP contribution in [-0.2, 0) is 28.9 Å². The average molecular weight is 462 g/mol. The summed E-state index contributed by atoms with van der Waals surface area (Å²) in [6.45, 7) is 0.267. The highest BCUT2D eigenvalue weighted by molar-refractivity contribution is 5.76. The molecule has 0 radical (unpaired) electrons. The van der Waals surface area contributed by atoms with E-state index >= 15 is 0 Å². The number of rotatable bonds is 11. The zero-order valence-corrected chi connectivity index (χ0v) is 19.3. The molecule has 0 saturated carbocycles. The van der Waals surface area contributed by atoms with E-state index in [2.05, 4.69) is 27.5 Å². The van der Waals surface area contributed by atoms with Crippen LogP contribution < -0.4 is 5.32 Å². The number of carbonyl (C=O) groups excluding carboxylic acids is 1. The van der Waals surface area contributed by atoms with Gasteiger partial charge in [0.05, 0.1) is 0 Å². The quantitative estimate of drug-likeness (QED) is 0.421. The summed E-state index contributed by atoms with van der Waals surface area (Å²) in [5, 5.41) is 16.8. The molecule has 34 heavy (non-hydrogen) atoms. The van der Waals surface area contributed by atoms with E-state index in [0.29, 0.717) is 12.2 Å². The van der Waals surface area contributed by atoms with E-state index in [1.54, 1.807) is 0 Å². The number of hydrogen-bond donors (Lipinski definition) is 2. The van der Waals surface area contributed by atoms with Crippen molar-refractivity contribution in [3.8, 4) is 11.4 Å². The molecule has 3 aromatic rings. The van der Waals surface area contributed by atoms with Crippen LogP contribution in [0.5, 0.6) is 0 Å². The van der Waals surface area contributed by atoms with Gasteiger partial charge in [0.15, 0.2) is 11.9 Å². The van der Waals surface area contributed by atoms with E-state index in [1.807, 2.05) is 30.3 Å². The highest BCUT2D eigenvalue weighted by Gasteiger charge is 2.21. The van der Waals surface area contributed by atoms with Crippen LogP contribution in [0.2, 0.25) is 0 Å². The molecule has 1 amide bonds. The molecular formula is C26H31N5O3. The molecule has 0 saturated heterocycles. The number of fused-ring (bicyclic) bond motifs is 1. The second-order valence-electron chi connectivity index (χ2n) is 8.73. The Labute approximate surface area is 199 Å². The summed E-state index contributed by atoms with van der Waals surface area (Å²) >= 11 is 0. The van der Waals surface area contributed by atoms with Crippen molar-refractivity contribution < 1.29 is 14.7 Å². The maximum absolute atomic E-state index is 12.2. The molecular weight excluding hydrogens is 430 g/mol. The number of hydrogen-bond acceptors (Lipinski definition) is 5. The van der Waals surface area contributed by atoms with Gasteiger partial charge in [-0.15, -0.1) is 0 Å². The molecule has 1 atom stereocenters. The second-order valence-corrected chi connectivity index (χ2v) is 8.73. The summed E-state index contributed by atoms with van der Waals surface area (Å²) in [5.41, 5.74) is 4.56. The molecule has 1 aliphatic rings. The number of benzene rings is 1. The first kappa shape index (κ1) is 23.6. The first-order valence-corrected chi connectivity index (χ1v) is 12.0. The van der Waals surface area contributed by atoms with Crippen LogP contribution in [0.15, 0.2) is 48.8 Å². The summed E-state index contributed by atoms with van der Waals surface area (Å²) in [4.78, 5) is 33.0. The predicted molar refractivity (Wildman–Crippen MR) is 128 cm³/mol. The smallest absolute Gasteiger partial charge is 0.328 e. The lowest BCUT2D eigenvalue weighted by Gasteiger charge is -2.15. The van der Waals surface area contributed by atoms with Crippen molar-refractivity contribution >= 4 is 11.9 Å². The Morgan fingerprint density at radius 2 is 1.88 bits per heavy atom. The van der Waals surface area contributed by atoms with E-state index in [4.69, 9.17) is 4.98 Å². The molecule has 0 fully saturated rings. The number of amides is 1. The highest BCUT2D eigenvalue weighted by Crippen LogP contribution is 2.20. The van der Waals surface area contributed by atoms with Gasteiger partial charge in [0.1, 0.15) is 6.33 Å². The number of pyridine rings is 1. The molecule has 178 valence electrons. The zero-order valence-electron chi connectivity index (χ0n) is 19.3. The van der Waals surface area contributed by atoms with Crippen molar-refractivity contribution in [2.24, 2.45) is 0 Å². The lowest BCUT2D eigenvalue weighted by atomic mass is 9.95. The first-order chi connectivity index (χ1) is 16.6. The number of nitrogens with one attached hydrogen (secondary N) is 1. The Morgan fingerprint density at radius 3 is 2.71 bits per heavy atom. The number of nitrogens with zero attached hydrogens (tertiary/aromatic N) is 4. The Hall–Kier alpha value is -3.55. The van der Waals surface area contributed by atoms with Gasteiger partial charge in [0, 0.05) is 29.9 Å². The largest absolute Gasteiger partial charge is 0.480 e. The van der Waals surface area contributed by atoms with E-state index < -0.39 is 12.0 Å². The fraction of sp³-hybridized carbons (Fsp3) is 0.423. The van der Waals surface area contributed by atoms with Gasteiger partial charge >= 0.3 is 5.97 Å². The molecule has 8 nitrogen and oxygen atoms in total. The van der Waals surface area contributed by atoms with Gasteiger partial charge in [-0.2, -0.15) is 5.10 Å². The predicted octanol–water partition coefficient (Wildman–Crippen LogP) is 3.76. The van der Waals surface area contributed by atoms with E-state index in [9.17, 15) is 14.7 Å². The molecule has 2 N–H and O–H groups in total. The van der Waals surface area contributed by atoms with Crippen LogP contribution >= 0.6 is 0 Å². The summed E-state index contributed by atoms with van der Waals surface area (Å²) in [6.07, 6.45) is 9.31. The third kappa shape index (κ3) is 6.27. The molecule has 0 bridgehead atoms. The molecule has 1 aliphatic carbocycles. The van der Waals surface area contributed by atoms with Gasteiger partial charge in [0.2, 0.25) is 5.91 Å². The lowest BCUT2D eigenvalue weighted by molar-refractivity contribution is -0.141. The number of aryl methyl sites for hydroxylation is 3. The minimum absolute atomic E-state index is 0.0638. The SMILES string of the molecule is O=C(CCCCc1ccc2c(n1)CCCC2)NCC[C@H](C(=O)O)n1cnc(-c2ccccc2)n1. The molecule has 0 aliphatic heterocycles. The third-order valence-corrected chi connectivity index (χ3v) is 6.21. The van der Waals surface area contributed by atoms with Crippen LogP contribution in [0.25, 0.3) is 11.4 Å². The van der Waals surface area contributed by atoms with Crippen LogP contribution in [-0.4, -0.2) is 43.3 Å². The minimum Gasteiger partial charge on any atom is -0.480 e. The minimum atomic E-state index is -1.00. The molecule has 0 spiro atoms. The fourth-order valence-corrected chi connectivity index (χ4v) is 4.31. The van der Waals surface area contributed by atoms with Crippen molar-refractivity contribution in [3.05, 3.63) is 65.7 Å². The molecule has 1 aromatic carbocycles. The summed E-state index contributed by atoms with van der Waals surface area (Å²) < 4.78 is 1.35. The number of carboxylic acids is 1. The van der Waals surface area contributed by atoms with Crippen LogP contribution in [0.3, 0.4) is 0 Å². The van der Waals surface area contributed by atoms with Crippen LogP contribution in [0, 0.1) is 0 Å². The van der Waals surface area contributed by atoms with Crippen LogP contribution in [0.4, 0.5) is 0 Å². The third-order valence-electron chi connectivity index (χ3n) is 6.21. The van der Waals surface area contributed by atoms with Crippen molar-refractivity contribution in [1.29, 1.82) is 0 Å². The number of aliphatic carboxylic acids is 1. The van der Waals surface area contributed by atoms with Gasteiger partial charge < -0.3 is 10.4 Å². The average Bonchev–Trinajstić information content (AvgIpc) is 3.34. The summed E-state index contributed by atoms with van der Waals surface area (Å²) in [5.74, 6) is -0.591. The number of carbonyl (C=O) groups is 2. The van der Waals surface area contributed by atoms with Gasteiger partial charge in [-0.1, -0.05) is 36.4 Å². The maximum atomic E-state index is 12.2. The van der Waals surface area contributed by atoms with Gasteiger partial charge in [-0.25, -0.2) is 14.5 Å². The molecule has 2 heterocycles. The fourth-order valence-electron chi connectivity index (χ4n) is 4.31. The van der Waals surface area contributed by atoms with Crippen LogP contribution in [0.1, 0.15) is 61.5 Å². The monoisotopic (exact) mass is 461 g/mol. The highest BCUT2D eigenvalue weighted by atomic mass is 16.4. The molecule has 4 rings (SSSR count). The first-order valence-electron chi connectivity index (χ1n) is 12.0.